The quantitative estimate of drug-likeness (QED) is 0.801. The third-order valence-electron chi connectivity index (χ3n) is 1.94. The van der Waals surface area contributed by atoms with Gasteiger partial charge in [0, 0.05) is 11.3 Å². The lowest BCUT2D eigenvalue weighted by Gasteiger charge is -2.14. The Hall–Kier alpha value is -1.09. The fraction of sp³-hybridized carbons (Fsp3) is 0.545. The van der Waals surface area contributed by atoms with E-state index in [2.05, 4.69) is 4.98 Å². The molecule has 0 atom stereocenters. The van der Waals surface area contributed by atoms with Gasteiger partial charge in [-0.05, 0) is 39.3 Å². The molecule has 3 heteroatoms. The van der Waals surface area contributed by atoms with Crippen molar-refractivity contribution in [1.82, 2.24) is 4.98 Å². The summed E-state index contributed by atoms with van der Waals surface area (Å²) in [5.74, 6) is 0.556. The van der Waals surface area contributed by atoms with E-state index < -0.39 is 0 Å². The lowest BCUT2D eigenvalue weighted by molar-refractivity contribution is 0.216. The number of hydrogen-bond donors (Lipinski definition) is 1. The zero-order chi connectivity index (χ0) is 10.7. The molecule has 0 radical (unpaired) electrons. The summed E-state index contributed by atoms with van der Waals surface area (Å²) in [6.45, 7) is 7.73. The van der Waals surface area contributed by atoms with Gasteiger partial charge in [0.1, 0.15) is 0 Å². The summed E-state index contributed by atoms with van der Waals surface area (Å²) < 4.78 is 5.53. The smallest absolute Gasteiger partial charge is 0.219 e. The molecule has 0 aliphatic heterocycles. The first-order chi connectivity index (χ1) is 6.54. The third-order valence-corrected chi connectivity index (χ3v) is 1.94. The normalized spacial score (nSPS) is 10.7. The monoisotopic (exact) mass is 195 g/mol. The predicted octanol–water partition coefficient (Wildman–Crippen LogP) is 1.98. The van der Waals surface area contributed by atoms with Gasteiger partial charge in [0.05, 0.1) is 12.7 Å². The van der Waals surface area contributed by atoms with Crippen LogP contribution in [0.3, 0.4) is 0 Å². The van der Waals surface area contributed by atoms with Crippen molar-refractivity contribution in [1.29, 1.82) is 0 Å². The van der Waals surface area contributed by atoms with Gasteiger partial charge in [0.15, 0.2) is 0 Å². The summed E-state index contributed by atoms with van der Waals surface area (Å²) in [5.41, 5.74) is 2.72. The molecule has 1 aromatic rings. The molecule has 1 rings (SSSR count). The predicted molar refractivity (Wildman–Crippen MR) is 55.4 cm³/mol. The Kier molecular flexibility index (Phi) is 3.47. The molecule has 0 saturated heterocycles. The van der Waals surface area contributed by atoms with Crippen LogP contribution in [-0.2, 0) is 6.61 Å². The minimum atomic E-state index is -0.0266. The van der Waals surface area contributed by atoms with E-state index in [1.54, 1.807) is 0 Å². The molecule has 0 aliphatic rings. The van der Waals surface area contributed by atoms with Crippen molar-refractivity contribution in [3.05, 3.63) is 22.9 Å². The number of aromatic nitrogens is 1. The second-order valence-corrected chi connectivity index (χ2v) is 3.69. The van der Waals surface area contributed by atoms with Crippen LogP contribution in [0.1, 0.15) is 30.7 Å². The molecular formula is C11H17NO2. The highest BCUT2D eigenvalue weighted by molar-refractivity contribution is 5.35. The van der Waals surface area contributed by atoms with Crippen LogP contribution in [0.15, 0.2) is 6.07 Å². The largest absolute Gasteiger partial charge is 0.475 e. The van der Waals surface area contributed by atoms with E-state index in [1.807, 2.05) is 33.8 Å². The molecule has 0 unspecified atom stereocenters. The van der Waals surface area contributed by atoms with Gasteiger partial charge in [-0.1, -0.05) is 0 Å². The molecule has 14 heavy (non-hydrogen) atoms. The Bertz CT molecular complexity index is 321. The molecule has 0 fully saturated rings. The van der Waals surface area contributed by atoms with Crippen LogP contribution in [-0.4, -0.2) is 16.2 Å². The number of aliphatic hydroxyl groups is 1. The zero-order valence-corrected chi connectivity index (χ0v) is 9.16. The number of rotatable bonds is 3. The van der Waals surface area contributed by atoms with Gasteiger partial charge in [0.2, 0.25) is 5.88 Å². The van der Waals surface area contributed by atoms with Crippen molar-refractivity contribution in [3.8, 4) is 5.88 Å². The average Bonchev–Trinajstić information content (AvgIpc) is 2.01. The Morgan fingerprint density at radius 2 is 2.07 bits per heavy atom. The fourth-order valence-electron chi connectivity index (χ4n) is 1.34. The van der Waals surface area contributed by atoms with Crippen LogP contribution in [0.5, 0.6) is 5.88 Å². The topological polar surface area (TPSA) is 42.4 Å². The molecule has 1 N–H and O–H groups in total. The Morgan fingerprint density at radius 1 is 1.43 bits per heavy atom. The van der Waals surface area contributed by atoms with E-state index in [0.29, 0.717) is 5.88 Å². The molecule has 78 valence electrons. The summed E-state index contributed by atoms with van der Waals surface area (Å²) in [6, 6.07) is 1.94. The second-order valence-electron chi connectivity index (χ2n) is 3.69. The number of aryl methyl sites for hydroxylation is 2. The molecule has 0 amide bonds. The van der Waals surface area contributed by atoms with Crippen molar-refractivity contribution in [3.63, 3.8) is 0 Å². The van der Waals surface area contributed by atoms with Gasteiger partial charge in [0.25, 0.3) is 0 Å². The number of nitrogens with zero attached hydrogens (tertiary/aromatic N) is 1. The van der Waals surface area contributed by atoms with Gasteiger partial charge in [-0.2, -0.15) is 0 Å². The lowest BCUT2D eigenvalue weighted by Crippen LogP contribution is -2.10. The summed E-state index contributed by atoms with van der Waals surface area (Å²) in [7, 11) is 0. The maximum Gasteiger partial charge on any atom is 0.219 e. The Labute approximate surface area is 84.7 Å². The first kappa shape index (κ1) is 11.0. The van der Waals surface area contributed by atoms with E-state index in [1.165, 1.54) is 0 Å². The Balaban J connectivity index is 3.11. The van der Waals surface area contributed by atoms with Crippen molar-refractivity contribution in [2.45, 2.75) is 40.4 Å². The van der Waals surface area contributed by atoms with Crippen molar-refractivity contribution in [2.24, 2.45) is 0 Å². The van der Waals surface area contributed by atoms with E-state index in [4.69, 9.17) is 4.74 Å². The standard InChI is InChI=1S/C11H17NO2/c1-7(2)14-11-10(6-13)8(3)5-9(4)12-11/h5,7,13H,6H2,1-4H3. The number of hydrogen-bond acceptors (Lipinski definition) is 3. The average molecular weight is 195 g/mol. The number of aliphatic hydroxyl groups excluding tert-OH is 1. The van der Waals surface area contributed by atoms with E-state index in [-0.39, 0.29) is 12.7 Å². The molecule has 0 aromatic carbocycles. The van der Waals surface area contributed by atoms with E-state index >= 15 is 0 Å². The van der Waals surface area contributed by atoms with Gasteiger partial charge in [-0.15, -0.1) is 0 Å². The highest BCUT2D eigenvalue weighted by atomic mass is 16.5. The summed E-state index contributed by atoms with van der Waals surface area (Å²) in [4.78, 5) is 4.26. The molecule has 1 aromatic heterocycles. The first-order valence-electron chi connectivity index (χ1n) is 4.79. The molecular weight excluding hydrogens is 178 g/mol. The molecule has 1 heterocycles. The summed E-state index contributed by atoms with van der Waals surface area (Å²) in [6.07, 6.45) is 0.0778. The van der Waals surface area contributed by atoms with Crippen LogP contribution in [0.4, 0.5) is 0 Å². The van der Waals surface area contributed by atoms with Crippen molar-refractivity contribution in [2.75, 3.05) is 0 Å². The van der Waals surface area contributed by atoms with Crippen LogP contribution in [0, 0.1) is 13.8 Å². The number of ether oxygens (including phenoxy) is 1. The molecule has 0 bridgehead atoms. The SMILES string of the molecule is Cc1cc(C)c(CO)c(OC(C)C)n1. The van der Waals surface area contributed by atoms with Crippen molar-refractivity contribution >= 4 is 0 Å². The van der Waals surface area contributed by atoms with Crippen LogP contribution in [0.2, 0.25) is 0 Å². The minimum Gasteiger partial charge on any atom is -0.475 e. The fourth-order valence-corrected chi connectivity index (χ4v) is 1.34. The Morgan fingerprint density at radius 3 is 2.57 bits per heavy atom. The maximum atomic E-state index is 9.18. The second kappa shape index (κ2) is 4.42. The summed E-state index contributed by atoms with van der Waals surface area (Å²) in [5, 5.41) is 9.18. The van der Waals surface area contributed by atoms with E-state index in [9.17, 15) is 5.11 Å². The lowest BCUT2D eigenvalue weighted by atomic mass is 10.1. The molecule has 0 spiro atoms. The first-order valence-corrected chi connectivity index (χ1v) is 4.79. The zero-order valence-electron chi connectivity index (χ0n) is 9.16. The maximum absolute atomic E-state index is 9.18. The number of pyridine rings is 1. The highest BCUT2D eigenvalue weighted by Crippen LogP contribution is 2.21. The van der Waals surface area contributed by atoms with Crippen molar-refractivity contribution < 1.29 is 9.84 Å². The molecule has 3 nitrogen and oxygen atoms in total. The molecule has 0 saturated carbocycles. The van der Waals surface area contributed by atoms with Crippen LogP contribution < -0.4 is 4.74 Å². The van der Waals surface area contributed by atoms with Gasteiger partial charge < -0.3 is 9.84 Å². The van der Waals surface area contributed by atoms with Gasteiger partial charge >= 0.3 is 0 Å². The third kappa shape index (κ3) is 2.45. The minimum absolute atomic E-state index is 0.0266. The molecule has 0 aliphatic carbocycles. The summed E-state index contributed by atoms with van der Waals surface area (Å²) >= 11 is 0. The van der Waals surface area contributed by atoms with Gasteiger partial charge in [-0.3, -0.25) is 0 Å². The van der Waals surface area contributed by atoms with E-state index in [0.717, 1.165) is 16.8 Å². The van der Waals surface area contributed by atoms with Gasteiger partial charge in [-0.25, -0.2) is 4.98 Å². The highest BCUT2D eigenvalue weighted by Gasteiger charge is 2.10. The van der Waals surface area contributed by atoms with Crippen LogP contribution in [0.25, 0.3) is 0 Å². The van der Waals surface area contributed by atoms with Crippen LogP contribution >= 0.6 is 0 Å².